The van der Waals surface area contributed by atoms with Crippen LogP contribution in [0.5, 0.6) is 0 Å². The molecule has 1 heterocycles. The summed E-state index contributed by atoms with van der Waals surface area (Å²) in [5, 5.41) is 7.64. The van der Waals surface area contributed by atoms with E-state index in [0.717, 1.165) is 65.3 Å². The fourth-order valence-corrected chi connectivity index (χ4v) is 8.12. The van der Waals surface area contributed by atoms with Gasteiger partial charge in [0.05, 0.1) is 8.22 Å². The standard InChI is InChI=1S/C52H32O/c1-2-13-34(14-3-1)50-43-17-6-8-19-45(43)51(46-20-9-7-18-44(46)50)39-27-26-35-30-36(24-25-37(35)31-39)38-28-29-47-49(32-38)53-48-23-11-22-42(52(47)48)41-21-10-15-33-12-4-5-16-40(33)41/h1-32H/i24D,25D,26D,27D,30D,31D. The lowest BCUT2D eigenvalue weighted by Crippen LogP contribution is -1.90. The molecule has 0 saturated heterocycles. The van der Waals surface area contributed by atoms with Crippen LogP contribution in [-0.4, -0.2) is 0 Å². The Morgan fingerprint density at radius 1 is 0.340 bits per heavy atom. The Morgan fingerprint density at radius 2 is 0.906 bits per heavy atom. The molecule has 0 N–H and O–H groups in total. The Morgan fingerprint density at radius 3 is 1.64 bits per heavy atom. The third-order valence-electron chi connectivity index (χ3n) is 10.5. The van der Waals surface area contributed by atoms with Gasteiger partial charge in [0, 0.05) is 10.8 Å². The first-order chi connectivity index (χ1) is 28.8. The van der Waals surface area contributed by atoms with Gasteiger partial charge in [-0.15, -0.1) is 0 Å². The Labute approximate surface area is 315 Å². The summed E-state index contributed by atoms with van der Waals surface area (Å²) in [5.41, 5.74) is 6.93. The van der Waals surface area contributed by atoms with Crippen LogP contribution in [0.15, 0.2) is 198 Å². The van der Waals surface area contributed by atoms with E-state index in [4.69, 9.17) is 4.42 Å². The van der Waals surface area contributed by atoms with Gasteiger partial charge in [-0.25, -0.2) is 0 Å². The Kier molecular flexibility index (Phi) is 5.40. The lowest BCUT2D eigenvalue weighted by molar-refractivity contribution is 0.669. The largest absolute Gasteiger partial charge is 0.456 e. The van der Waals surface area contributed by atoms with Gasteiger partial charge in [0.1, 0.15) is 11.2 Å². The topological polar surface area (TPSA) is 13.1 Å². The van der Waals surface area contributed by atoms with Crippen LogP contribution >= 0.6 is 0 Å². The first-order valence-corrected chi connectivity index (χ1v) is 17.8. The maximum absolute atomic E-state index is 9.70. The van der Waals surface area contributed by atoms with Crippen molar-refractivity contribution in [2.75, 3.05) is 0 Å². The summed E-state index contributed by atoms with van der Waals surface area (Å²) in [4.78, 5) is 0. The van der Waals surface area contributed by atoms with Crippen molar-refractivity contribution in [2.24, 2.45) is 0 Å². The lowest BCUT2D eigenvalue weighted by atomic mass is 9.85. The van der Waals surface area contributed by atoms with Gasteiger partial charge in [-0.3, -0.25) is 0 Å². The summed E-state index contributed by atoms with van der Waals surface area (Å²) in [6, 6.07) is 50.9. The van der Waals surface area contributed by atoms with Crippen LogP contribution in [0.25, 0.3) is 110 Å². The van der Waals surface area contributed by atoms with E-state index in [-0.39, 0.29) is 58.2 Å². The first-order valence-electron chi connectivity index (χ1n) is 20.8. The molecule has 11 aromatic rings. The van der Waals surface area contributed by atoms with E-state index < -0.39 is 0 Å². The van der Waals surface area contributed by atoms with Gasteiger partial charge in [0.15, 0.2) is 0 Å². The van der Waals surface area contributed by atoms with E-state index in [2.05, 4.69) is 48.5 Å². The zero-order valence-electron chi connectivity index (χ0n) is 34.4. The van der Waals surface area contributed by atoms with Crippen LogP contribution in [0.3, 0.4) is 0 Å². The zero-order chi connectivity index (χ0) is 40.1. The van der Waals surface area contributed by atoms with Crippen molar-refractivity contribution in [2.45, 2.75) is 0 Å². The number of rotatable bonds is 4. The predicted molar refractivity (Wildman–Crippen MR) is 225 cm³/mol. The van der Waals surface area contributed by atoms with Gasteiger partial charge in [-0.2, -0.15) is 0 Å². The molecular formula is C52H32O. The van der Waals surface area contributed by atoms with Crippen molar-refractivity contribution in [1.29, 1.82) is 0 Å². The highest BCUT2D eigenvalue weighted by Gasteiger charge is 2.18. The summed E-state index contributed by atoms with van der Waals surface area (Å²) in [7, 11) is 0. The zero-order valence-corrected chi connectivity index (χ0v) is 28.4. The predicted octanol–water partition coefficient (Wildman–Crippen LogP) is 14.9. The molecule has 246 valence electrons. The number of hydrogen-bond acceptors (Lipinski definition) is 1. The molecule has 53 heavy (non-hydrogen) atoms. The minimum atomic E-state index is -0.261. The molecule has 0 saturated carbocycles. The highest BCUT2D eigenvalue weighted by Crippen LogP contribution is 2.45. The van der Waals surface area contributed by atoms with Crippen molar-refractivity contribution in [3.05, 3.63) is 194 Å². The van der Waals surface area contributed by atoms with Crippen LogP contribution in [0.2, 0.25) is 0 Å². The molecule has 0 spiro atoms. The van der Waals surface area contributed by atoms with Crippen molar-refractivity contribution < 1.29 is 12.6 Å². The Bertz CT molecular complexity index is 3510. The average molecular weight is 679 g/mol. The van der Waals surface area contributed by atoms with Crippen molar-refractivity contribution in [1.82, 2.24) is 0 Å². The Balaban J connectivity index is 1.13. The van der Waals surface area contributed by atoms with Crippen molar-refractivity contribution >= 4 is 65.0 Å². The normalized spacial score (nSPS) is 13.4. The van der Waals surface area contributed by atoms with Crippen LogP contribution < -0.4 is 0 Å². The van der Waals surface area contributed by atoms with Gasteiger partial charge >= 0.3 is 0 Å². The van der Waals surface area contributed by atoms with Gasteiger partial charge in [0.25, 0.3) is 0 Å². The smallest absolute Gasteiger partial charge is 0.136 e. The molecule has 0 fully saturated rings. The van der Waals surface area contributed by atoms with E-state index >= 15 is 0 Å². The van der Waals surface area contributed by atoms with Gasteiger partial charge in [-0.05, 0) is 118 Å². The molecular weight excluding hydrogens is 641 g/mol. The van der Waals surface area contributed by atoms with Gasteiger partial charge < -0.3 is 4.42 Å². The first kappa shape index (κ1) is 24.3. The maximum Gasteiger partial charge on any atom is 0.136 e. The summed E-state index contributed by atoms with van der Waals surface area (Å²) in [6.07, 6.45) is 0. The molecule has 1 aromatic heterocycles. The molecule has 11 rings (SSSR count). The summed E-state index contributed by atoms with van der Waals surface area (Å²) in [6.45, 7) is 0. The van der Waals surface area contributed by atoms with E-state index in [1.54, 1.807) is 6.07 Å². The molecule has 0 unspecified atom stereocenters. The van der Waals surface area contributed by atoms with E-state index in [0.29, 0.717) is 22.3 Å². The van der Waals surface area contributed by atoms with Crippen LogP contribution in [0, 0.1) is 0 Å². The van der Waals surface area contributed by atoms with E-state index in [1.807, 2.05) is 103 Å². The van der Waals surface area contributed by atoms with Crippen LogP contribution in [0.1, 0.15) is 8.22 Å². The Hall–Kier alpha value is -6.96. The fraction of sp³-hybridized carbons (Fsp3) is 0. The molecule has 0 aliphatic heterocycles. The fourth-order valence-electron chi connectivity index (χ4n) is 8.12. The molecule has 1 heteroatoms. The average Bonchev–Trinajstić information content (AvgIpc) is 3.65. The molecule has 0 bridgehead atoms. The highest BCUT2D eigenvalue weighted by atomic mass is 16.3. The van der Waals surface area contributed by atoms with Crippen molar-refractivity contribution in [3.8, 4) is 44.5 Å². The maximum atomic E-state index is 9.70. The quantitative estimate of drug-likeness (QED) is 0.169. The summed E-state index contributed by atoms with van der Waals surface area (Å²) in [5.74, 6) is 0. The number of benzene rings is 10. The third-order valence-corrected chi connectivity index (χ3v) is 10.5. The molecule has 0 amide bonds. The summed E-state index contributed by atoms with van der Waals surface area (Å²) >= 11 is 0. The second kappa shape index (κ2) is 11.8. The highest BCUT2D eigenvalue weighted by molar-refractivity contribution is 6.22. The monoisotopic (exact) mass is 678 g/mol. The summed E-state index contributed by atoms with van der Waals surface area (Å²) < 4.78 is 63.4. The molecule has 0 atom stereocenters. The molecule has 0 radical (unpaired) electrons. The number of hydrogen-bond donors (Lipinski definition) is 0. The van der Waals surface area contributed by atoms with Crippen molar-refractivity contribution in [3.63, 3.8) is 0 Å². The SMILES string of the molecule is [2H]c1c(-c2c3ccccc3c(-c3ccccc3)c3ccccc23)c([2H])c2c([2H])c([2H])c(-c3ccc4c(c3)oc3cccc(-c5cccc6ccccc56)c34)c([2H])c2c1[2H]. The molecule has 10 aromatic carbocycles. The lowest BCUT2D eigenvalue weighted by Gasteiger charge is -2.18. The van der Waals surface area contributed by atoms with Crippen LogP contribution in [0.4, 0.5) is 0 Å². The molecule has 0 aliphatic carbocycles. The van der Waals surface area contributed by atoms with Crippen LogP contribution in [-0.2, 0) is 0 Å². The van der Waals surface area contributed by atoms with Gasteiger partial charge in [-0.1, -0.05) is 164 Å². The van der Waals surface area contributed by atoms with E-state index in [9.17, 15) is 8.22 Å². The third kappa shape index (κ3) is 4.71. The van der Waals surface area contributed by atoms with Gasteiger partial charge in [0.2, 0.25) is 0 Å². The second-order valence-electron chi connectivity index (χ2n) is 13.5. The second-order valence-corrected chi connectivity index (χ2v) is 13.5. The number of fused-ring (bicyclic) bond motifs is 7. The molecule has 0 aliphatic rings. The molecule has 1 nitrogen and oxygen atoms in total. The minimum absolute atomic E-state index is 0.0113. The minimum Gasteiger partial charge on any atom is -0.456 e. The number of furan rings is 1. The van der Waals surface area contributed by atoms with E-state index in [1.165, 1.54) is 0 Å².